The van der Waals surface area contributed by atoms with E-state index in [1.54, 1.807) is 38.5 Å². The Balaban J connectivity index is 0.000000181. The van der Waals surface area contributed by atoms with E-state index in [0.717, 1.165) is 81.5 Å². The summed E-state index contributed by atoms with van der Waals surface area (Å²) in [4.78, 5) is 44.9. The molecule has 6 aromatic rings. The highest BCUT2D eigenvalue weighted by atomic mass is 35.5. The first kappa shape index (κ1) is 57.4. The number of carbonyl (C=O) groups excluding carboxylic acids is 2. The van der Waals surface area contributed by atoms with Gasteiger partial charge in [0.15, 0.2) is 23.0 Å². The second-order valence-corrected chi connectivity index (χ2v) is 22.8. The molecule has 5 heterocycles. The van der Waals surface area contributed by atoms with Crippen molar-refractivity contribution in [3.8, 4) is 46.3 Å². The largest absolute Gasteiger partial charge is 0.493 e. The van der Waals surface area contributed by atoms with Crippen molar-refractivity contribution in [2.24, 2.45) is 17.3 Å². The number of piperidine rings is 1. The highest BCUT2D eigenvalue weighted by Crippen LogP contribution is 2.41. The standard InChI is InChI=1S/C33H40ClN3O5.C29H33ClN2O6/c1-39-30-18-27-29(19-31(30)41-15-3-12-37-13-10-33(11-14-37)20-40-21-33)35-22-36-32(27)42-26-9-7-24(28(34)17-26)16-25(38)8-6-23-4-2-5-23;1-34-27-14-24-26(15-28(27)37-11-3-10-36-23-16-35-17-23)31-18-32-29(24)38-22-9-7-20(25(30)13-22)12-21(33)8-6-19-4-2-5-19/h7,9,17-19,22-23H,2-6,8,10-16,20-21H2,1H3;7,9,13-15,18-19,23H,2-6,8,10-12,16-17H2,1H3. The first-order chi connectivity index (χ1) is 39.1. The van der Waals surface area contributed by atoms with Crippen LogP contribution in [-0.4, -0.2) is 123 Å². The second kappa shape index (κ2) is 27.7. The van der Waals surface area contributed by atoms with Gasteiger partial charge in [-0.25, -0.2) is 19.9 Å². The van der Waals surface area contributed by atoms with E-state index < -0.39 is 0 Å². The van der Waals surface area contributed by atoms with E-state index in [1.807, 2.05) is 36.4 Å². The Morgan fingerprint density at radius 3 is 1.56 bits per heavy atom. The Bertz CT molecular complexity index is 3070. The molecule has 3 aliphatic heterocycles. The molecule has 5 fully saturated rings. The molecule has 2 aromatic heterocycles. The maximum Gasteiger partial charge on any atom is 0.230 e. The predicted octanol–water partition coefficient (Wildman–Crippen LogP) is 12.6. The van der Waals surface area contributed by atoms with Crippen LogP contribution in [0.4, 0.5) is 0 Å². The maximum absolute atomic E-state index is 12.5. The van der Waals surface area contributed by atoms with Gasteiger partial charge in [0.1, 0.15) is 41.8 Å². The molecule has 0 atom stereocenters. The molecule has 0 radical (unpaired) electrons. The van der Waals surface area contributed by atoms with E-state index in [4.69, 9.17) is 65.8 Å². The summed E-state index contributed by atoms with van der Waals surface area (Å²) < 4.78 is 51.7. The molecule has 2 aliphatic carbocycles. The molecule has 4 aromatic carbocycles. The fraction of sp³-hybridized carbons (Fsp3) is 0.516. The number of nitrogens with zero attached hydrogens (tertiary/aromatic N) is 5. The number of likely N-dealkylation sites (tertiary alicyclic amines) is 1. The van der Waals surface area contributed by atoms with E-state index in [1.165, 1.54) is 64.0 Å². The molecule has 0 N–H and O–H groups in total. The third-order valence-electron chi connectivity index (χ3n) is 16.3. The third-order valence-corrected chi connectivity index (χ3v) is 17.0. The molecule has 16 nitrogen and oxygen atoms in total. The first-order valence-electron chi connectivity index (χ1n) is 28.5. The van der Waals surface area contributed by atoms with Crippen molar-refractivity contribution in [1.29, 1.82) is 0 Å². The summed E-state index contributed by atoms with van der Waals surface area (Å²) in [6.45, 7) is 8.17. The zero-order valence-electron chi connectivity index (χ0n) is 46.0. The van der Waals surface area contributed by atoms with Crippen LogP contribution < -0.4 is 28.4 Å². The highest BCUT2D eigenvalue weighted by molar-refractivity contribution is 6.32. The average Bonchev–Trinajstić information content (AvgIpc) is 3.41. The van der Waals surface area contributed by atoms with Crippen LogP contribution in [0.1, 0.15) is 101 Å². The summed E-state index contributed by atoms with van der Waals surface area (Å²) in [6, 6.07) is 18.1. The van der Waals surface area contributed by atoms with Crippen molar-refractivity contribution >= 4 is 56.6 Å². The van der Waals surface area contributed by atoms with Crippen LogP contribution in [0.25, 0.3) is 21.8 Å². The lowest BCUT2D eigenvalue weighted by Gasteiger charge is -2.47. The van der Waals surface area contributed by atoms with Gasteiger partial charge >= 0.3 is 0 Å². The molecule has 0 unspecified atom stereocenters. The van der Waals surface area contributed by atoms with Crippen LogP contribution in [0.5, 0.6) is 46.3 Å². The zero-order valence-corrected chi connectivity index (χ0v) is 47.5. The first-order valence-corrected chi connectivity index (χ1v) is 29.2. The number of carbonyl (C=O) groups is 2. The van der Waals surface area contributed by atoms with Crippen LogP contribution in [0, 0.1) is 17.3 Å². The van der Waals surface area contributed by atoms with E-state index in [9.17, 15) is 9.59 Å². The fourth-order valence-electron chi connectivity index (χ4n) is 10.6. The maximum atomic E-state index is 12.5. The molecule has 11 rings (SSSR count). The number of Topliss-reactive ketones (excluding diaryl/α,β-unsaturated/α-hetero) is 2. The number of hydrogen-bond acceptors (Lipinski definition) is 16. The summed E-state index contributed by atoms with van der Waals surface area (Å²) in [5, 5.41) is 2.39. The number of rotatable bonds is 27. The van der Waals surface area contributed by atoms with Crippen LogP contribution in [0.15, 0.2) is 73.3 Å². The molecule has 426 valence electrons. The molecule has 1 spiro atoms. The molecular weight excluding hydrogens is 1060 g/mol. The van der Waals surface area contributed by atoms with Crippen LogP contribution in [0.2, 0.25) is 10.0 Å². The SMILES string of the molecule is COc1cc2c(Oc3ccc(CC(=O)CCC4CCC4)c(Cl)c3)ncnc2cc1OCCCN1CCC2(CC1)COC2.COc1cc2c(Oc3ccc(CC(=O)CCC4CCC4)c(Cl)c3)ncnc2cc1OCCCOC1COC1. The molecule has 2 saturated carbocycles. The van der Waals surface area contributed by atoms with Gasteiger partial charge < -0.3 is 47.5 Å². The normalized spacial score (nSPS) is 17.1. The summed E-state index contributed by atoms with van der Waals surface area (Å²) in [6.07, 6.45) is 18.8. The van der Waals surface area contributed by atoms with Crippen molar-refractivity contribution in [1.82, 2.24) is 24.8 Å². The van der Waals surface area contributed by atoms with Gasteiger partial charge in [-0.2, -0.15) is 0 Å². The van der Waals surface area contributed by atoms with Crippen molar-refractivity contribution in [3.63, 3.8) is 0 Å². The number of halogens is 2. The van der Waals surface area contributed by atoms with Crippen LogP contribution in [-0.2, 0) is 36.6 Å². The molecule has 0 amide bonds. The number of benzene rings is 4. The van der Waals surface area contributed by atoms with Gasteiger partial charge in [-0.3, -0.25) is 9.59 Å². The zero-order chi connectivity index (χ0) is 55.3. The predicted molar refractivity (Wildman–Crippen MR) is 306 cm³/mol. The minimum atomic E-state index is 0.204. The van der Waals surface area contributed by atoms with Gasteiger partial charge in [0, 0.05) is 66.2 Å². The van der Waals surface area contributed by atoms with Crippen molar-refractivity contribution in [2.75, 3.05) is 80.1 Å². The van der Waals surface area contributed by atoms with Crippen molar-refractivity contribution in [3.05, 3.63) is 94.5 Å². The van der Waals surface area contributed by atoms with Crippen molar-refractivity contribution < 1.29 is 52.2 Å². The molecule has 3 saturated heterocycles. The second-order valence-electron chi connectivity index (χ2n) is 22.0. The number of fused-ring (bicyclic) bond motifs is 2. The van der Waals surface area contributed by atoms with E-state index in [-0.39, 0.29) is 17.7 Å². The van der Waals surface area contributed by atoms with Gasteiger partial charge in [0.2, 0.25) is 11.8 Å². The summed E-state index contributed by atoms with van der Waals surface area (Å²) >= 11 is 13.1. The Hall–Kier alpha value is -5.88. The lowest BCUT2D eigenvalue weighted by atomic mass is 9.77. The smallest absolute Gasteiger partial charge is 0.230 e. The number of ether oxygens (including phenoxy) is 9. The Morgan fingerprint density at radius 1 is 0.625 bits per heavy atom. The van der Waals surface area contributed by atoms with Crippen molar-refractivity contribution in [2.45, 2.75) is 109 Å². The quantitative estimate of drug-likeness (QED) is 0.0446. The van der Waals surface area contributed by atoms with E-state index in [2.05, 4.69) is 24.8 Å². The van der Waals surface area contributed by atoms with Crippen LogP contribution >= 0.6 is 23.2 Å². The molecule has 5 aliphatic rings. The molecule has 0 bridgehead atoms. The third kappa shape index (κ3) is 15.2. The Labute approximate surface area is 478 Å². The minimum absolute atomic E-state index is 0.204. The minimum Gasteiger partial charge on any atom is -0.493 e. The number of methoxy groups -OCH3 is 2. The number of aromatic nitrogens is 4. The number of hydrogen-bond donors (Lipinski definition) is 0. The molecular formula is C62H73Cl2N5O11. The van der Waals surface area contributed by atoms with Gasteiger partial charge in [-0.15, -0.1) is 0 Å². The molecule has 80 heavy (non-hydrogen) atoms. The van der Waals surface area contributed by atoms with Gasteiger partial charge in [0.25, 0.3) is 0 Å². The van der Waals surface area contributed by atoms with Gasteiger partial charge in [-0.1, -0.05) is 73.9 Å². The summed E-state index contributed by atoms with van der Waals surface area (Å²) in [5.41, 5.74) is 3.43. The van der Waals surface area contributed by atoms with Gasteiger partial charge in [0.05, 0.1) is 82.3 Å². The van der Waals surface area contributed by atoms with E-state index in [0.29, 0.717) is 142 Å². The van der Waals surface area contributed by atoms with Gasteiger partial charge in [-0.05, 0) is 105 Å². The Kier molecular flexibility index (Phi) is 19.9. The summed E-state index contributed by atoms with van der Waals surface area (Å²) in [7, 11) is 3.21. The molecule has 18 heteroatoms. The highest BCUT2D eigenvalue weighted by Gasteiger charge is 2.41. The monoisotopic (exact) mass is 1130 g/mol. The lowest BCUT2D eigenvalue weighted by Crippen LogP contribution is -2.51. The average molecular weight is 1140 g/mol. The topological polar surface area (TPSA) is 172 Å². The lowest BCUT2D eigenvalue weighted by molar-refractivity contribution is -0.139. The Morgan fingerprint density at radius 2 is 1.14 bits per heavy atom. The van der Waals surface area contributed by atoms with Crippen LogP contribution in [0.3, 0.4) is 0 Å². The summed E-state index contributed by atoms with van der Waals surface area (Å²) in [5.74, 6) is 6.12. The number of ketones is 2. The van der Waals surface area contributed by atoms with E-state index >= 15 is 0 Å². The fourth-order valence-corrected chi connectivity index (χ4v) is 11.1.